The van der Waals surface area contributed by atoms with Crippen LogP contribution >= 0.6 is 12.2 Å². The summed E-state index contributed by atoms with van der Waals surface area (Å²) in [4.78, 5) is 11.6. The van der Waals surface area contributed by atoms with Crippen molar-refractivity contribution in [1.82, 2.24) is 5.32 Å². The van der Waals surface area contributed by atoms with Gasteiger partial charge in [0.2, 0.25) is 0 Å². The molecule has 0 heterocycles. The molecule has 1 rings (SSSR count). The molecule has 1 aromatic carbocycles. The molecule has 0 aliphatic carbocycles. The fourth-order valence-electron chi connectivity index (χ4n) is 2.35. The van der Waals surface area contributed by atoms with Crippen LogP contribution in [-0.2, 0) is 4.74 Å². The summed E-state index contributed by atoms with van der Waals surface area (Å²) < 4.78 is 4.75. The molecular weight excluding hydrogens is 308 g/mol. The van der Waals surface area contributed by atoms with E-state index >= 15 is 0 Å². The van der Waals surface area contributed by atoms with E-state index in [9.17, 15) is 4.79 Å². The number of aryl methyl sites for hydroxylation is 1. The highest BCUT2D eigenvalue weighted by Gasteiger charge is 2.10. The summed E-state index contributed by atoms with van der Waals surface area (Å²) in [6.45, 7) is 7.27. The Kier molecular flexibility index (Phi) is 8.62. The van der Waals surface area contributed by atoms with Crippen LogP contribution in [0.1, 0.15) is 55.5 Å². The van der Waals surface area contributed by atoms with Crippen LogP contribution < -0.4 is 10.6 Å². The smallest absolute Gasteiger partial charge is 0.337 e. The minimum absolute atomic E-state index is 0.349. The van der Waals surface area contributed by atoms with Gasteiger partial charge in [-0.15, -0.1) is 0 Å². The Morgan fingerprint density at radius 1 is 1.35 bits per heavy atom. The van der Waals surface area contributed by atoms with E-state index in [1.807, 2.05) is 13.0 Å². The van der Waals surface area contributed by atoms with Crippen molar-refractivity contribution in [2.75, 3.05) is 19.0 Å². The average Bonchev–Trinajstić information content (AvgIpc) is 2.56. The molecule has 23 heavy (non-hydrogen) atoms. The average molecular weight is 337 g/mol. The van der Waals surface area contributed by atoms with Crippen LogP contribution in [0.2, 0.25) is 0 Å². The second kappa shape index (κ2) is 10.2. The molecular formula is C18H28N2O2S. The van der Waals surface area contributed by atoms with E-state index in [4.69, 9.17) is 17.0 Å². The Bertz CT molecular complexity index is 532. The van der Waals surface area contributed by atoms with E-state index in [1.165, 1.54) is 26.4 Å². The molecule has 0 fully saturated rings. The maximum Gasteiger partial charge on any atom is 0.337 e. The number of benzene rings is 1. The number of methoxy groups -OCH3 is 1. The minimum Gasteiger partial charge on any atom is -0.465 e. The summed E-state index contributed by atoms with van der Waals surface area (Å²) >= 11 is 5.37. The summed E-state index contributed by atoms with van der Waals surface area (Å²) in [6, 6.07) is 5.40. The van der Waals surface area contributed by atoms with Gasteiger partial charge in [-0.05, 0) is 49.2 Å². The first-order chi connectivity index (χ1) is 11.0. The summed E-state index contributed by atoms with van der Waals surface area (Å²) in [5.41, 5.74) is 2.37. The van der Waals surface area contributed by atoms with Gasteiger partial charge < -0.3 is 15.4 Å². The normalized spacial score (nSPS) is 11.7. The lowest BCUT2D eigenvalue weighted by atomic mass is 9.99. The van der Waals surface area contributed by atoms with E-state index in [2.05, 4.69) is 24.5 Å². The van der Waals surface area contributed by atoms with Gasteiger partial charge in [0.25, 0.3) is 0 Å². The van der Waals surface area contributed by atoms with Gasteiger partial charge in [-0.2, -0.15) is 0 Å². The van der Waals surface area contributed by atoms with Gasteiger partial charge in [-0.25, -0.2) is 4.79 Å². The first-order valence-corrected chi connectivity index (χ1v) is 8.66. The molecule has 0 bridgehead atoms. The maximum absolute atomic E-state index is 11.6. The van der Waals surface area contributed by atoms with Crippen molar-refractivity contribution >= 4 is 29.0 Å². The van der Waals surface area contributed by atoms with Crippen LogP contribution in [0.5, 0.6) is 0 Å². The molecule has 0 aliphatic rings. The number of esters is 1. The number of ether oxygens (including phenoxy) is 1. The second-order valence-corrected chi connectivity index (χ2v) is 6.18. The van der Waals surface area contributed by atoms with E-state index < -0.39 is 0 Å². The van der Waals surface area contributed by atoms with Gasteiger partial charge in [0.05, 0.1) is 12.7 Å². The van der Waals surface area contributed by atoms with Crippen molar-refractivity contribution in [2.24, 2.45) is 5.92 Å². The first kappa shape index (κ1) is 19.4. The highest BCUT2D eigenvalue weighted by molar-refractivity contribution is 7.80. The number of hydrogen-bond acceptors (Lipinski definition) is 3. The molecule has 0 radical (unpaired) electrons. The zero-order valence-electron chi connectivity index (χ0n) is 14.6. The van der Waals surface area contributed by atoms with Crippen molar-refractivity contribution in [3.63, 3.8) is 0 Å². The Labute approximate surface area is 145 Å². The lowest BCUT2D eigenvalue weighted by molar-refractivity contribution is 0.0601. The quantitative estimate of drug-likeness (QED) is 0.548. The van der Waals surface area contributed by atoms with Crippen LogP contribution in [0.4, 0.5) is 5.69 Å². The summed E-state index contributed by atoms with van der Waals surface area (Å²) in [7, 11) is 1.38. The molecule has 0 spiro atoms. The summed E-state index contributed by atoms with van der Waals surface area (Å²) in [5, 5.41) is 7.05. The fourth-order valence-corrected chi connectivity index (χ4v) is 2.54. The third kappa shape index (κ3) is 6.57. The number of nitrogens with one attached hydrogen (secondary N) is 2. The highest BCUT2D eigenvalue weighted by Crippen LogP contribution is 2.18. The maximum atomic E-state index is 11.6. The molecule has 0 amide bonds. The summed E-state index contributed by atoms with van der Waals surface area (Å²) in [5.74, 6) is 0.287. The van der Waals surface area contributed by atoms with Crippen LogP contribution in [-0.4, -0.2) is 24.7 Å². The molecule has 128 valence electrons. The lowest BCUT2D eigenvalue weighted by Gasteiger charge is -2.18. The molecule has 1 aromatic rings. The third-order valence-corrected chi connectivity index (χ3v) is 4.25. The molecule has 0 saturated carbocycles. The molecule has 0 aliphatic heterocycles. The molecule has 4 nitrogen and oxygen atoms in total. The number of hydrogen-bond donors (Lipinski definition) is 2. The van der Waals surface area contributed by atoms with E-state index in [0.29, 0.717) is 16.6 Å². The molecule has 0 aromatic heterocycles. The Morgan fingerprint density at radius 2 is 2.09 bits per heavy atom. The van der Waals surface area contributed by atoms with Crippen LogP contribution in [0.3, 0.4) is 0 Å². The number of anilines is 1. The SMILES string of the molecule is CCCC[C@@H](CC)CNC(=S)Nc1cc(C(=O)OC)ccc1C. The number of carbonyl (C=O) groups is 1. The largest absolute Gasteiger partial charge is 0.465 e. The molecule has 0 unspecified atom stereocenters. The standard InChI is InChI=1S/C18H28N2O2S/c1-5-7-8-14(6-2)12-19-18(23)20-16-11-15(17(21)22-4)10-9-13(16)3/h9-11,14H,5-8,12H2,1-4H3,(H2,19,20,23)/t14-/m1/s1. The molecule has 1 atom stereocenters. The molecule has 2 N–H and O–H groups in total. The van der Waals surface area contributed by atoms with E-state index in [-0.39, 0.29) is 5.97 Å². The van der Waals surface area contributed by atoms with Crippen molar-refractivity contribution in [1.29, 1.82) is 0 Å². The molecule has 0 saturated heterocycles. The third-order valence-electron chi connectivity index (χ3n) is 4.00. The van der Waals surface area contributed by atoms with Crippen molar-refractivity contribution in [2.45, 2.75) is 46.5 Å². The van der Waals surface area contributed by atoms with Crippen molar-refractivity contribution < 1.29 is 9.53 Å². The van der Waals surface area contributed by atoms with Gasteiger partial charge in [0.1, 0.15) is 0 Å². The van der Waals surface area contributed by atoms with Gasteiger partial charge in [-0.3, -0.25) is 0 Å². The Morgan fingerprint density at radius 3 is 2.70 bits per heavy atom. The molecule has 5 heteroatoms. The van der Waals surface area contributed by atoms with Crippen molar-refractivity contribution in [3.05, 3.63) is 29.3 Å². The fraction of sp³-hybridized carbons (Fsp3) is 0.556. The zero-order chi connectivity index (χ0) is 17.2. The number of thiocarbonyl (C=S) groups is 1. The number of unbranched alkanes of at least 4 members (excludes halogenated alkanes) is 1. The van der Waals surface area contributed by atoms with E-state index in [1.54, 1.807) is 12.1 Å². The van der Waals surface area contributed by atoms with Gasteiger partial charge >= 0.3 is 5.97 Å². The van der Waals surface area contributed by atoms with E-state index in [0.717, 1.165) is 24.2 Å². The predicted octanol–water partition coefficient (Wildman–Crippen LogP) is 4.28. The highest BCUT2D eigenvalue weighted by atomic mass is 32.1. The van der Waals surface area contributed by atoms with Gasteiger partial charge in [0.15, 0.2) is 5.11 Å². The second-order valence-electron chi connectivity index (χ2n) is 5.77. The van der Waals surface area contributed by atoms with Gasteiger partial charge in [0, 0.05) is 12.2 Å². The summed E-state index contributed by atoms with van der Waals surface area (Å²) in [6.07, 6.45) is 4.84. The number of carbonyl (C=O) groups excluding carboxylic acids is 1. The van der Waals surface area contributed by atoms with Crippen LogP contribution in [0.15, 0.2) is 18.2 Å². The predicted molar refractivity (Wildman–Crippen MR) is 100 cm³/mol. The lowest BCUT2D eigenvalue weighted by Crippen LogP contribution is -2.33. The first-order valence-electron chi connectivity index (χ1n) is 8.25. The van der Waals surface area contributed by atoms with Gasteiger partial charge in [-0.1, -0.05) is 39.2 Å². The van der Waals surface area contributed by atoms with Crippen molar-refractivity contribution in [3.8, 4) is 0 Å². The Hall–Kier alpha value is -1.62. The zero-order valence-corrected chi connectivity index (χ0v) is 15.4. The van der Waals surface area contributed by atoms with Crippen LogP contribution in [0, 0.1) is 12.8 Å². The topological polar surface area (TPSA) is 50.4 Å². The van der Waals surface area contributed by atoms with Crippen LogP contribution in [0.25, 0.3) is 0 Å². The Balaban J connectivity index is 2.61. The monoisotopic (exact) mass is 336 g/mol. The number of rotatable bonds is 8. The minimum atomic E-state index is -0.349.